The molecule has 2 amide bonds. The molecule has 2 N–H and O–H groups in total. The highest BCUT2D eigenvalue weighted by atomic mass is 35.5. The molecular weight excluding hydrogens is 300 g/mol. The van der Waals surface area contributed by atoms with Crippen LogP contribution in [0.2, 0.25) is 5.02 Å². The fraction of sp³-hybridized carbons (Fsp3) is 0.176. The lowest BCUT2D eigenvalue weighted by Crippen LogP contribution is -2.41. The fourth-order valence-electron chi connectivity index (χ4n) is 1.88. The van der Waals surface area contributed by atoms with Gasteiger partial charge in [0, 0.05) is 16.1 Å². The van der Waals surface area contributed by atoms with Gasteiger partial charge < -0.3 is 0 Å². The zero-order valence-electron chi connectivity index (χ0n) is 12.4. The van der Waals surface area contributed by atoms with Gasteiger partial charge in [-0.2, -0.15) is 0 Å². The summed E-state index contributed by atoms with van der Waals surface area (Å²) in [5, 5.41) is 0.547. The van der Waals surface area contributed by atoms with Gasteiger partial charge in [0.2, 0.25) is 0 Å². The summed E-state index contributed by atoms with van der Waals surface area (Å²) in [6.45, 7) is 4.17. The van der Waals surface area contributed by atoms with Crippen LogP contribution in [0, 0.1) is 0 Å². The van der Waals surface area contributed by atoms with Crippen LogP contribution < -0.4 is 10.9 Å². The lowest BCUT2D eigenvalue weighted by Gasteiger charge is -2.09. The minimum Gasteiger partial charge on any atom is -0.267 e. The van der Waals surface area contributed by atoms with Crippen molar-refractivity contribution in [3.63, 3.8) is 0 Å². The second-order valence-electron chi connectivity index (χ2n) is 5.19. The number of benzene rings is 2. The van der Waals surface area contributed by atoms with E-state index in [1.54, 1.807) is 36.4 Å². The van der Waals surface area contributed by atoms with Gasteiger partial charge in [0.1, 0.15) is 0 Å². The topological polar surface area (TPSA) is 58.2 Å². The Hall–Kier alpha value is -2.33. The molecular formula is C17H17ClN2O2. The first-order valence-electron chi connectivity index (χ1n) is 6.93. The van der Waals surface area contributed by atoms with E-state index in [9.17, 15) is 9.59 Å². The number of rotatable bonds is 3. The Bertz CT molecular complexity index is 664. The molecule has 2 aromatic rings. The lowest BCUT2D eigenvalue weighted by molar-refractivity contribution is 0.0846. The summed E-state index contributed by atoms with van der Waals surface area (Å²) in [5.74, 6) is -0.358. The number of amides is 2. The standard InChI is InChI=1S/C17H17ClN2O2/c1-11(2)12-3-5-13(6-4-12)16(21)19-20-17(22)14-7-9-15(18)10-8-14/h3-11H,1-2H3,(H,19,21)(H,20,22). The maximum absolute atomic E-state index is 12.0. The van der Waals surface area contributed by atoms with E-state index < -0.39 is 5.91 Å². The molecule has 2 rings (SSSR count). The molecule has 114 valence electrons. The summed E-state index contributed by atoms with van der Waals surface area (Å²) in [6, 6.07) is 13.7. The molecule has 0 atom stereocenters. The van der Waals surface area contributed by atoms with Gasteiger partial charge >= 0.3 is 0 Å². The predicted octanol–water partition coefficient (Wildman–Crippen LogP) is 3.54. The molecule has 2 aromatic carbocycles. The number of halogens is 1. The molecule has 0 aliphatic rings. The van der Waals surface area contributed by atoms with Crippen LogP contribution in [0.5, 0.6) is 0 Å². The quantitative estimate of drug-likeness (QED) is 0.851. The average molecular weight is 317 g/mol. The van der Waals surface area contributed by atoms with E-state index in [4.69, 9.17) is 11.6 Å². The highest BCUT2D eigenvalue weighted by Gasteiger charge is 2.09. The smallest absolute Gasteiger partial charge is 0.267 e. The molecule has 0 heterocycles. The van der Waals surface area contributed by atoms with Crippen molar-refractivity contribution >= 4 is 23.4 Å². The second kappa shape index (κ2) is 7.09. The SMILES string of the molecule is CC(C)c1ccc(C(=O)NNC(=O)c2ccc(Cl)cc2)cc1. The summed E-state index contributed by atoms with van der Waals surface area (Å²) in [4.78, 5) is 23.8. The van der Waals surface area contributed by atoms with Gasteiger partial charge in [-0.25, -0.2) is 0 Å². The van der Waals surface area contributed by atoms with E-state index in [0.717, 1.165) is 5.56 Å². The Morgan fingerprint density at radius 2 is 1.23 bits per heavy atom. The predicted molar refractivity (Wildman–Crippen MR) is 86.9 cm³/mol. The number of carbonyl (C=O) groups excluding carboxylic acids is 2. The number of hydrogen-bond donors (Lipinski definition) is 2. The number of hydrazine groups is 1. The Balaban J connectivity index is 1.94. The van der Waals surface area contributed by atoms with Crippen LogP contribution in [0.25, 0.3) is 0 Å². The van der Waals surface area contributed by atoms with Gasteiger partial charge in [-0.3, -0.25) is 20.4 Å². The van der Waals surface area contributed by atoms with Crippen molar-refractivity contribution < 1.29 is 9.59 Å². The molecule has 0 bridgehead atoms. The summed E-state index contributed by atoms with van der Waals surface area (Å²) in [7, 11) is 0. The highest BCUT2D eigenvalue weighted by Crippen LogP contribution is 2.14. The maximum atomic E-state index is 12.0. The first kappa shape index (κ1) is 16.0. The van der Waals surface area contributed by atoms with Crippen molar-refractivity contribution in [2.24, 2.45) is 0 Å². The van der Waals surface area contributed by atoms with Crippen LogP contribution >= 0.6 is 11.6 Å². The van der Waals surface area contributed by atoms with Crippen LogP contribution in [0.1, 0.15) is 46.0 Å². The van der Waals surface area contributed by atoms with Crippen LogP contribution in [-0.4, -0.2) is 11.8 Å². The molecule has 4 nitrogen and oxygen atoms in total. The normalized spacial score (nSPS) is 10.4. The maximum Gasteiger partial charge on any atom is 0.269 e. The zero-order valence-corrected chi connectivity index (χ0v) is 13.1. The van der Waals surface area contributed by atoms with E-state index >= 15 is 0 Å². The molecule has 0 aromatic heterocycles. The molecule has 0 spiro atoms. The van der Waals surface area contributed by atoms with Gasteiger partial charge in [0.05, 0.1) is 0 Å². The van der Waals surface area contributed by atoms with Crippen molar-refractivity contribution in [1.82, 2.24) is 10.9 Å². The van der Waals surface area contributed by atoms with Crippen molar-refractivity contribution in [2.75, 3.05) is 0 Å². The Morgan fingerprint density at radius 3 is 1.64 bits per heavy atom. The summed E-state index contributed by atoms with van der Waals surface area (Å²) in [6.07, 6.45) is 0. The van der Waals surface area contributed by atoms with Crippen molar-refractivity contribution in [1.29, 1.82) is 0 Å². The summed E-state index contributed by atoms with van der Waals surface area (Å²) in [5.41, 5.74) is 6.82. The van der Waals surface area contributed by atoms with Crippen molar-refractivity contribution in [3.05, 3.63) is 70.2 Å². The number of carbonyl (C=O) groups is 2. The van der Waals surface area contributed by atoms with Gasteiger partial charge in [-0.1, -0.05) is 37.6 Å². The average Bonchev–Trinajstić information content (AvgIpc) is 2.53. The first-order chi connectivity index (χ1) is 10.5. The largest absolute Gasteiger partial charge is 0.269 e. The van der Waals surface area contributed by atoms with Crippen LogP contribution in [0.3, 0.4) is 0 Å². The Kier molecular flexibility index (Phi) is 5.17. The Labute approximate surface area is 134 Å². The Morgan fingerprint density at radius 1 is 0.818 bits per heavy atom. The first-order valence-corrected chi connectivity index (χ1v) is 7.31. The van der Waals surface area contributed by atoms with E-state index in [-0.39, 0.29) is 5.91 Å². The van der Waals surface area contributed by atoms with E-state index in [1.165, 1.54) is 0 Å². The molecule has 5 heteroatoms. The monoisotopic (exact) mass is 316 g/mol. The molecule has 0 aliphatic carbocycles. The van der Waals surface area contributed by atoms with Gasteiger partial charge in [-0.05, 0) is 47.9 Å². The third-order valence-electron chi connectivity index (χ3n) is 3.24. The number of hydrogen-bond acceptors (Lipinski definition) is 2. The lowest BCUT2D eigenvalue weighted by atomic mass is 10.0. The third kappa shape index (κ3) is 4.09. The van der Waals surface area contributed by atoms with Gasteiger partial charge in [0.25, 0.3) is 11.8 Å². The number of nitrogens with one attached hydrogen (secondary N) is 2. The second-order valence-corrected chi connectivity index (χ2v) is 5.63. The van der Waals surface area contributed by atoms with Crippen LogP contribution in [-0.2, 0) is 0 Å². The molecule has 0 fully saturated rings. The zero-order chi connectivity index (χ0) is 16.1. The molecule has 0 saturated carbocycles. The van der Waals surface area contributed by atoms with E-state index in [0.29, 0.717) is 22.1 Å². The summed E-state index contributed by atoms with van der Waals surface area (Å²) >= 11 is 5.76. The molecule has 22 heavy (non-hydrogen) atoms. The van der Waals surface area contributed by atoms with Crippen molar-refractivity contribution in [3.8, 4) is 0 Å². The van der Waals surface area contributed by atoms with Crippen molar-refractivity contribution in [2.45, 2.75) is 19.8 Å². The van der Waals surface area contributed by atoms with Crippen LogP contribution in [0.15, 0.2) is 48.5 Å². The van der Waals surface area contributed by atoms with Gasteiger partial charge in [0.15, 0.2) is 0 Å². The molecule has 0 radical (unpaired) electrons. The molecule has 0 aliphatic heterocycles. The minimum atomic E-state index is -0.399. The fourth-order valence-corrected chi connectivity index (χ4v) is 2.00. The molecule has 0 unspecified atom stereocenters. The third-order valence-corrected chi connectivity index (χ3v) is 3.49. The van der Waals surface area contributed by atoms with Crippen LogP contribution in [0.4, 0.5) is 0 Å². The summed E-state index contributed by atoms with van der Waals surface area (Å²) < 4.78 is 0. The molecule has 0 saturated heterocycles. The van der Waals surface area contributed by atoms with E-state index in [2.05, 4.69) is 24.7 Å². The van der Waals surface area contributed by atoms with Gasteiger partial charge in [-0.15, -0.1) is 0 Å². The van der Waals surface area contributed by atoms with E-state index in [1.807, 2.05) is 12.1 Å². The minimum absolute atomic E-state index is 0.363. The highest BCUT2D eigenvalue weighted by molar-refractivity contribution is 6.30.